The van der Waals surface area contributed by atoms with Gasteiger partial charge in [0.2, 0.25) is 5.60 Å². The lowest BCUT2D eigenvalue weighted by molar-refractivity contribution is -0.163. The Balaban J connectivity index is 1.53. The number of esters is 2. The Morgan fingerprint density at radius 3 is 2.21 bits per heavy atom. The fourth-order valence-electron chi connectivity index (χ4n) is 8.84. The summed E-state index contributed by atoms with van der Waals surface area (Å²) in [4.78, 5) is 57.0. The summed E-state index contributed by atoms with van der Waals surface area (Å²) < 4.78 is 17.3. The van der Waals surface area contributed by atoms with E-state index in [9.17, 15) is 14.4 Å². The maximum atomic E-state index is 15.6. The van der Waals surface area contributed by atoms with Gasteiger partial charge in [0.1, 0.15) is 11.2 Å². The average molecular weight is 573 g/mol. The third-order valence-corrected chi connectivity index (χ3v) is 10.4. The van der Waals surface area contributed by atoms with Crippen LogP contribution in [0.5, 0.6) is 5.75 Å². The van der Waals surface area contributed by atoms with E-state index in [1.165, 1.54) is 14.2 Å². The maximum absolute atomic E-state index is 15.6. The van der Waals surface area contributed by atoms with Gasteiger partial charge in [0.05, 0.1) is 14.2 Å². The third kappa shape index (κ3) is 2.99. The van der Waals surface area contributed by atoms with Crippen LogP contribution in [0.3, 0.4) is 0 Å². The number of rotatable bonds is 3. The molecule has 43 heavy (non-hydrogen) atoms. The number of carbonyl (C=O) groups excluding carboxylic acids is 4. The van der Waals surface area contributed by atoms with Crippen molar-refractivity contribution in [2.45, 2.75) is 35.7 Å². The molecule has 0 aromatic heterocycles. The lowest BCUT2D eigenvalue weighted by atomic mass is 9.50. The van der Waals surface area contributed by atoms with Crippen molar-refractivity contribution in [1.82, 2.24) is 0 Å². The quantitative estimate of drug-likeness (QED) is 0.254. The van der Waals surface area contributed by atoms with Crippen LogP contribution in [0.4, 0.5) is 0 Å². The first kappa shape index (κ1) is 25.9. The number of hydrogen-bond donors (Lipinski definition) is 0. The summed E-state index contributed by atoms with van der Waals surface area (Å²) in [5.74, 6) is -5.08. The molecule has 0 N–H and O–H groups in total. The smallest absolute Gasteiger partial charge is 0.320 e. The second kappa shape index (κ2) is 8.86. The van der Waals surface area contributed by atoms with Gasteiger partial charge in [0.15, 0.2) is 17.5 Å². The van der Waals surface area contributed by atoms with E-state index >= 15 is 4.79 Å². The molecule has 2 spiro atoms. The Morgan fingerprint density at radius 2 is 1.47 bits per heavy atom. The van der Waals surface area contributed by atoms with Crippen molar-refractivity contribution < 1.29 is 33.4 Å². The second-order valence-electron chi connectivity index (χ2n) is 12.0. The molecule has 4 bridgehead atoms. The summed E-state index contributed by atoms with van der Waals surface area (Å²) in [6, 6.07) is 26.8. The van der Waals surface area contributed by atoms with E-state index in [4.69, 9.17) is 14.2 Å². The highest BCUT2D eigenvalue weighted by Gasteiger charge is 2.76. The third-order valence-electron chi connectivity index (χ3n) is 10.4. The Kier molecular flexibility index (Phi) is 5.34. The van der Waals surface area contributed by atoms with Crippen LogP contribution in [0.25, 0.3) is 10.8 Å². The minimum Gasteiger partial charge on any atom is -0.473 e. The van der Waals surface area contributed by atoms with Crippen LogP contribution in [-0.4, -0.2) is 37.7 Å². The topological polar surface area (TPSA) is 96.0 Å². The van der Waals surface area contributed by atoms with Gasteiger partial charge >= 0.3 is 11.9 Å². The largest absolute Gasteiger partial charge is 0.473 e. The van der Waals surface area contributed by atoms with Crippen molar-refractivity contribution in [1.29, 1.82) is 0 Å². The zero-order chi connectivity index (χ0) is 29.7. The van der Waals surface area contributed by atoms with Crippen molar-refractivity contribution in [3.05, 3.63) is 113 Å². The first-order valence-corrected chi connectivity index (χ1v) is 14.5. The molecule has 4 aromatic rings. The van der Waals surface area contributed by atoms with E-state index in [1.807, 2.05) is 84.9 Å². The minimum absolute atomic E-state index is 0.0393. The van der Waals surface area contributed by atoms with E-state index in [0.717, 1.165) is 21.9 Å². The fourth-order valence-corrected chi connectivity index (χ4v) is 8.84. The molecular formula is C36H28O7. The van der Waals surface area contributed by atoms with E-state index in [1.54, 1.807) is 0 Å². The number of benzene rings is 4. The summed E-state index contributed by atoms with van der Waals surface area (Å²) in [5, 5.41) is 1.96. The first-order chi connectivity index (χ1) is 20.9. The number of ketones is 2. The summed E-state index contributed by atoms with van der Waals surface area (Å²) in [6.45, 7) is 0. The highest BCUT2D eigenvalue weighted by atomic mass is 16.5. The molecule has 214 valence electrons. The van der Waals surface area contributed by atoms with E-state index < -0.39 is 46.6 Å². The molecule has 7 heteroatoms. The molecule has 7 nitrogen and oxygen atoms in total. The van der Waals surface area contributed by atoms with E-state index in [2.05, 4.69) is 0 Å². The first-order valence-electron chi connectivity index (χ1n) is 14.5. The Bertz CT molecular complexity index is 1890. The monoisotopic (exact) mass is 572 g/mol. The number of carbonyl (C=O) groups is 4. The highest BCUT2D eigenvalue weighted by molar-refractivity contribution is 6.11. The van der Waals surface area contributed by atoms with Crippen LogP contribution >= 0.6 is 0 Å². The number of ether oxygens (including phenoxy) is 3. The Morgan fingerprint density at radius 1 is 0.814 bits per heavy atom. The fraction of sp³-hybridized carbons (Fsp3) is 0.278. The molecule has 0 amide bonds. The van der Waals surface area contributed by atoms with Crippen molar-refractivity contribution in [2.24, 2.45) is 11.8 Å². The Hall–Kier alpha value is -4.78. The molecular weight excluding hydrogens is 544 g/mol. The highest BCUT2D eigenvalue weighted by Crippen LogP contribution is 2.68. The molecule has 1 heterocycles. The summed E-state index contributed by atoms with van der Waals surface area (Å²) in [5.41, 5.74) is 0.579. The zero-order valence-corrected chi connectivity index (χ0v) is 23.7. The lowest BCUT2D eigenvalue weighted by Crippen LogP contribution is -2.66. The molecule has 0 radical (unpaired) electrons. The van der Waals surface area contributed by atoms with Gasteiger partial charge in [-0.1, -0.05) is 78.9 Å². The SMILES string of the molecule is COC(=O)C(C(=O)OC)[C@H]1c2ccccc2[C@]23Cc4c(ccc5ccccc45)O[C@]24C(=O)C[C@@H](c2ccccc24)[C@H]1C3=O. The van der Waals surface area contributed by atoms with Gasteiger partial charge in [0, 0.05) is 35.3 Å². The van der Waals surface area contributed by atoms with Crippen molar-refractivity contribution in [3.8, 4) is 5.75 Å². The predicted molar refractivity (Wildman–Crippen MR) is 156 cm³/mol. The molecule has 5 atom stereocenters. The van der Waals surface area contributed by atoms with Gasteiger partial charge in [0.25, 0.3) is 0 Å². The molecule has 5 aliphatic rings. The predicted octanol–water partition coefficient (Wildman–Crippen LogP) is 4.92. The maximum Gasteiger partial charge on any atom is 0.320 e. The van der Waals surface area contributed by atoms with Crippen molar-refractivity contribution in [2.75, 3.05) is 14.2 Å². The number of methoxy groups -OCH3 is 2. The van der Waals surface area contributed by atoms with Crippen molar-refractivity contribution in [3.63, 3.8) is 0 Å². The van der Waals surface area contributed by atoms with Gasteiger partial charge in [-0.2, -0.15) is 0 Å². The van der Waals surface area contributed by atoms with Crippen LogP contribution in [0.15, 0.2) is 84.9 Å². The average Bonchev–Trinajstić information content (AvgIpc) is 3.14. The molecule has 1 fully saturated rings. The van der Waals surface area contributed by atoms with Crippen LogP contribution < -0.4 is 4.74 Å². The van der Waals surface area contributed by atoms with E-state index in [-0.39, 0.29) is 24.4 Å². The number of fused-ring (bicyclic) bond motifs is 5. The van der Waals surface area contributed by atoms with Gasteiger partial charge in [-0.15, -0.1) is 0 Å². The molecule has 4 aliphatic carbocycles. The van der Waals surface area contributed by atoms with Crippen LogP contribution in [-0.2, 0) is 46.1 Å². The second-order valence-corrected chi connectivity index (χ2v) is 12.0. The van der Waals surface area contributed by atoms with Gasteiger partial charge in [-0.25, -0.2) is 0 Å². The van der Waals surface area contributed by atoms with Crippen LogP contribution in [0, 0.1) is 11.8 Å². The van der Waals surface area contributed by atoms with Gasteiger partial charge < -0.3 is 14.2 Å². The van der Waals surface area contributed by atoms with Gasteiger partial charge in [-0.3, -0.25) is 19.2 Å². The molecule has 0 unspecified atom stereocenters. The number of Topliss-reactive ketones (excluding diaryl/α,β-unsaturated/α-hetero) is 2. The Labute approximate surface area is 247 Å². The summed E-state index contributed by atoms with van der Waals surface area (Å²) >= 11 is 0. The molecule has 0 saturated heterocycles. The van der Waals surface area contributed by atoms with Gasteiger partial charge in [-0.05, 0) is 39.9 Å². The molecule has 4 aromatic carbocycles. The lowest BCUT2D eigenvalue weighted by Gasteiger charge is -2.54. The number of hydrogen-bond acceptors (Lipinski definition) is 7. The summed E-state index contributed by atoms with van der Waals surface area (Å²) in [7, 11) is 2.44. The van der Waals surface area contributed by atoms with E-state index in [0.29, 0.717) is 22.4 Å². The minimum atomic E-state index is -1.62. The van der Waals surface area contributed by atoms with Crippen molar-refractivity contribution >= 4 is 34.3 Å². The molecule has 1 aliphatic heterocycles. The standard InChI is InChI=1S/C36H28O7/c1-41-33(39)31(34(40)42-2)29-22-12-6-7-13-25(22)35-18-24-20-10-4-3-9-19(20)15-16-27(24)43-36(35)26-14-8-5-11-21(26)23(17-28(36)37)30(29)32(35)38/h3-16,23,29-31H,17-18H2,1-2H3/t23-,29-,30+,35-,36+/m0/s1. The van der Waals surface area contributed by atoms with Crippen LogP contribution in [0.2, 0.25) is 0 Å². The molecule has 9 rings (SSSR count). The zero-order valence-electron chi connectivity index (χ0n) is 23.7. The summed E-state index contributed by atoms with van der Waals surface area (Å²) in [6.07, 6.45) is 0.272. The normalized spacial score (nSPS) is 27.7. The van der Waals surface area contributed by atoms with Crippen LogP contribution in [0.1, 0.15) is 46.1 Å². The molecule has 1 saturated carbocycles.